The standard InChI is InChI=1S/C18H25NO9S/c1-6-15(17(20)26-11(2)3)16(18(21)27-12(4)5)28-29(24,25)14-9-7-13(8-10-14)19(22)23/h7-12,15-16H,6H2,1-5H3/t15-,16+/m0/s1. The van der Waals surface area contributed by atoms with Gasteiger partial charge in [-0.25, -0.2) is 4.79 Å². The van der Waals surface area contributed by atoms with Crippen LogP contribution in [0.1, 0.15) is 41.0 Å². The first-order valence-electron chi connectivity index (χ1n) is 8.97. The zero-order valence-corrected chi connectivity index (χ0v) is 17.7. The minimum absolute atomic E-state index is 0.0548. The number of nitro groups is 1. The third kappa shape index (κ3) is 7.09. The summed E-state index contributed by atoms with van der Waals surface area (Å²) >= 11 is 0. The molecule has 0 spiro atoms. The highest BCUT2D eigenvalue weighted by atomic mass is 32.2. The van der Waals surface area contributed by atoms with E-state index < -0.39 is 56.1 Å². The lowest BCUT2D eigenvalue weighted by molar-refractivity contribution is -0.384. The monoisotopic (exact) mass is 431 g/mol. The summed E-state index contributed by atoms with van der Waals surface area (Å²) in [5, 5.41) is 10.7. The molecule has 162 valence electrons. The molecule has 0 amide bonds. The number of hydrogen-bond donors (Lipinski definition) is 0. The summed E-state index contributed by atoms with van der Waals surface area (Å²) in [7, 11) is -4.53. The van der Waals surface area contributed by atoms with Crippen LogP contribution < -0.4 is 0 Å². The van der Waals surface area contributed by atoms with Crippen molar-refractivity contribution in [3.8, 4) is 0 Å². The topological polar surface area (TPSA) is 139 Å². The summed E-state index contributed by atoms with van der Waals surface area (Å²) in [5.41, 5.74) is -0.313. The van der Waals surface area contributed by atoms with Crippen molar-refractivity contribution in [3.63, 3.8) is 0 Å². The number of carbonyl (C=O) groups excluding carboxylic acids is 2. The maximum absolute atomic E-state index is 12.6. The van der Waals surface area contributed by atoms with Gasteiger partial charge in [-0.1, -0.05) is 6.92 Å². The number of nitro benzene ring substituents is 1. The van der Waals surface area contributed by atoms with Crippen LogP contribution in [0.5, 0.6) is 0 Å². The van der Waals surface area contributed by atoms with Gasteiger partial charge in [0.25, 0.3) is 15.8 Å². The summed E-state index contributed by atoms with van der Waals surface area (Å²) < 4.78 is 40.5. The zero-order chi connectivity index (χ0) is 22.4. The van der Waals surface area contributed by atoms with Gasteiger partial charge in [-0.3, -0.25) is 19.1 Å². The van der Waals surface area contributed by atoms with E-state index in [4.69, 9.17) is 13.7 Å². The second-order valence-corrected chi connectivity index (χ2v) is 8.28. The molecule has 0 bridgehead atoms. The van der Waals surface area contributed by atoms with Crippen molar-refractivity contribution in [2.24, 2.45) is 5.92 Å². The Bertz CT molecular complexity index is 831. The van der Waals surface area contributed by atoms with E-state index in [0.717, 1.165) is 24.3 Å². The van der Waals surface area contributed by atoms with Gasteiger partial charge >= 0.3 is 11.9 Å². The van der Waals surface area contributed by atoms with Gasteiger partial charge in [-0.2, -0.15) is 8.42 Å². The number of carbonyl (C=O) groups is 2. The lowest BCUT2D eigenvalue weighted by Crippen LogP contribution is -2.41. The van der Waals surface area contributed by atoms with E-state index in [-0.39, 0.29) is 12.1 Å². The quantitative estimate of drug-likeness (QED) is 0.237. The molecule has 0 saturated carbocycles. The molecule has 1 rings (SSSR count). The predicted molar refractivity (Wildman–Crippen MR) is 101 cm³/mol. The molecule has 0 unspecified atom stereocenters. The van der Waals surface area contributed by atoms with Crippen LogP contribution in [-0.4, -0.2) is 43.6 Å². The molecule has 1 aromatic rings. The first-order chi connectivity index (χ1) is 13.4. The molecule has 29 heavy (non-hydrogen) atoms. The van der Waals surface area contributed by atoms with Crippen LogP contribution in [0.15, 0.2) is 29.2 Å². The van der Waals surface area contributed by atoms with Gasteiger partial charge in [0.2, 0.25) is 0 Å². The van der Waals surface area contributed by atoms with Gasteiger partial charge in [0.05, 0.1) is 27.9 Å². The second-order valence-electron chi connectivity index (χ2n) is 6.71. The molecule has 0 N–H and O–H groups in total. The van der Waals surface area contributed by atoms with Gasteiger partial charge in [-0.05, 0) is 46.2 Å². The molecule has 0 heterocycles. The molecular weight excluding hydrogens is 406 g/mol. The Labute approximate surface area is 169 Å². The zero-order valence-electron chi connectivity index (χ0n) is 16.9. The maximum Gasteiger partial charge on any atom is 0.337 e. The fraction of sp³-hybridized carbons (Fsp3) is 0.556. The van der Waals surface area contributed by atoms with Crippen molar-refractivity contribution in [2.75, 3.05) is 0 Å². The number of rotatable bonds is 10. The van der Waals surface area contributed by atoms with Crippen LogP contribution in [0.4, 0.5) is 5.69 Å². The lowest BCUT2D eigenvalue weighted by Gasteiger charge is -2.24. The Morgan fingerprint density at radius 1 is 1.00 bits per heavy atom. The molecule has 10 nitrogen and oxygen atoms in total. The number of esters is 2. The van der Waals surface area contributed by atoms with Crippen molar-refractivity contribution < 1.29 is 36.6 Å². The van der Waals surface area contributed by atoms with Crippen LogP contribution in [0.25, 0.3) is 0 Å². The third-order valence-corrected chi connectivity index (χ3v) is 4.92. The average Bonchev–Trinajstić information content (AvgIpc) is 2.60. The lowest BCUT2D eigenvalue weighted by atomic mass is 9.99. The first kappa shape index (κ1) is 24.5. The number of non-ortho nitro benzene ring substituents is 1. The highest BCUT2D eigenvalue weighted by Gasteiger charge is 2.40. The van der Waals surface area contributed by atoms with Gasteiger partial charge in [-0.15, -0.1) is 0 Å². The Kier molecular flexibility index (Phi) is 8.71. The smallest absolute Gasteiger partial charge is 0.337 e. The summed E-state index contributed by atoms with van der Waals surface area (Å²) in [5.74, 6) is -3.05. The van der Waals surface area contributed by atoms with Crippen LogP contribution in [0.2, 0.25) is 0 Å². The Hall–Kier alpha value is -2.53. The molecule has 0 saturated heterocycles. The number of nitrogens with zero attached hydrogens (tertiary/aromatic N) is 1. The van der Waals surface area contributed by atoms with E-state index in [9.17, 15) is 28.1 Å². The van der Waals surface area contributed by atoms with Gasteiger partial charge in [0.1, 0.15) is 0 Å². The van der Waals surface area contributed by atoms with E-state index in [1.54, 1.807) is 34.6 Å². The highest BCUT2D eigenvalue weighted by Crippen LogP contribution is 2.24. The molecule has 0 aromatic heterocycles. The second kappa shape index (κ2) is 10.3. The molecule has 2 atom stereocenters. The maximum atomic E-state index is 12.6. The third-order valence-electron chi connectivity index (χ3n) is 3.61. The van der Waals surface area contributed by atoms with E-state index >= 15 is 0 Å². The van der Waals surface area contributed by atoms with E-state index in [2.05, 4.69) is 0 Å². The van der Waals surface area contributed by atoms with Crippen LogP contribution >= 0.6 is 0 Å². The normalized spacial score (nSPS) is 13.8. The van der Waals surface area contributed by atoms with E-state index in [1.165, 1.54) is 0 Å². The van der Waals surface area contributed by atoms with Crippen molar-refractivity contribution in [1.29, 1.82) is 0 Å². The van der Waals surface area contributed by atoms with Crippen LogP contribution in [0, 0.1) is 16.0 Å². The van der Waals surface area contributed by atoms with Gasteiger partial charge in [0.15, 0.2) is 6.10 Å². The Balaban J connectivity index is 3.25. The predicted octanol–water partition coefficient (Wildman–Crippen LogP) is 2.60. The van der Waals surface area contributed by atoms with Crippen molar-refractivity contribution in [3.05, 3.63) is 34.4 Å². The minimum atomic E-state index is -4.53. The number of benzene rings is 1. The fourth-order valence-corrected chi connectivity index (χ4v) is 3.39. The van der Waals surface area contributed by atoms with E-state index in [0.29, 0.717) is 0 Å². The van der Waals surface area contributed by atoms with Crippen molar-refractivity contribution in [2.45, 2.75) is 64.2 Å². The van der Waals surface area contributed by atoms with E-state index in [1.807, 2.05) is 0 Å². The molecule has 0 fully saturated rings. The number of ether oxygens (including phenoxy) is 2. The first-order valence-corrected chi connectivity index (χ1v) is 10.4. The molecule has 11 heteroatoms. The van der Waals surface area contributed by atoms with Crippen molar-refractivity contribution in [1.82, 2.24) is 0 Å². The van der Waals surface area contributed by atoms with Gasteiger partial charge in [0, 0.05) is 12.1 Å². The largest absolute Gasteiger partial charge is 0.463 e. The van der Waals surface area contributed by atoms with Crippen LogP contribution in [0.3, 0.4) is 0 Å². The molecule has 0 aliphatic heterocycles. The molecule has 0 aliphatic rings. The minimum Gasteiger partial charge on any atom is -0.463 e. The Morgan fingerprint density at radius 3 is 1.90 bits per heavy atom. The molecular formula is C18H25NO9S. The van der Waals surface area contributed by atoms with Crippen LogP contribution in [-0.2, 0) is 33.4 Å². The summed E-state index contributed by atoms with van der Waals surface area (Å²) in [6, 6.07) is 3.93. The number of hydrogen-bond acceptors (Lipinski definition) is 9. The summed E-state index contributed by atoms with van der Waals surface area (Å²) in [6.07, 6.45) is -2.77. The Morgan fingerprint density at radius 2 is 1.48 bits per heavy atom. The summed E-state index contributed by atoms with van der Waals surface area (Å²) in [6.45, 7) is 7.92. The summed E-state index contributed by atoms with van der Waals surface area (Å²) in [4.78, 5) is 34.5. The van der Waals surface area contributed by atoms with Gasteiger partial charge < -0.3 is 9.47 Å². The highest BCUT2D eigenvalue weighted by molar-refractivity contribution is 7.86. The molecule has 0 aliphatic carbocycles. The molecule has 0 radical (unpaired) electrons. The molecule has 1 aromatic carbocycles. The SMILES string of the molecule is CC[C@H](C(=O)OC(C)C)[C@@H](OS(=O)(=O)c1ccc([N+](=O)[O-])cc1)C(=O)OC(C)C. The average molecular weight is 431 g/mol. The fourth-order valence-electron chi connectivity index (χ4n) is 2.32. The van der Waals surface area contributed by atoms with Crippen molar-refractivity contribution >= 4 is 27.7 Å².